The molecule has 1 aromatic carbocycles. The molecule has 2 heterocycles. The van der Waals surface area contributed by atoms with E-state index in [4.69, 9.17) is 18.9 Å². The molecule has 0 aromatic heterocycles. The lowest BCUT2D eigenvalue weighted by molar-refractivity contribution is -0.142. The second-order valence-electron chi connectivity index (χ2n) is 9.78. The third kappa shape index (κ3) is 8.36. The number of halogens is 3. The molecular weight excluding hydrogens is 909 g/mol. The van der Waals surface area contributed by atoms with E-state index in [1.54, 1.807) is 27.7 Å². The second kappa shape index (κ2) is 14.1. The predicted molar refractivity (Wildman–Crippen MR) is 178 cm³/mol. The zero-order valence-corrected chi connectivity index (χ0v) is 30.0. The highest BCUT2D eigenvalue weighted by Gasteiger charge is 2.33. The first-order chi connectivity index (χ1) is 20.0. The first-order valence-corrected chi connectivity index (χ1v) is 15.6. The van der Waals surface area contributed by atoms with Crippen molar-refractivity contribution >= 4 is 91.2 Å². The van der Waals surface area contributed by atoms with Crippen LogP contribution in [0, 0.1) is 10.7 Å². The van der Waals surface area contributed by atoms with Gasteiger partial charge < -0.3 is 44.9 Å². The van der Waals surface area contributed by atoms with Gasteiger partial charge in [0.2, 0.25) is 17.5 Å². The minimum atomic E-state index is -1.12. The summed E-state index contributed by atoms with van der Waals surface area (Å²) >= 11 is 5.59. The van der Waals surface area contributed by atoms with Gasteiger partial charge in [0, 0.05) is 44.7 Å². The van der Waals surface area contributed by atoms with Crippen LogP contribution in [-0.4, -0.2) is 57.8 Å². The largest absolute Gasteiger partial charge is 0.503 e. The Morgan fingerprint density at radius 3 is 1.53 bits per heavy atom. The number of hydrogen-bond donors (Lipinski definition) is 6. The van der Waals surface area contributed by atoms with Crippen molar-refractivity contribution in [1.29, 1.82) is 0 Å². The molecule has 3 amide bonds. The van der Waals surface area contributed by atoms with Crippen LogP contribution in [0.3, 0.4) is 0 Å². The average molecular weight is 938 g/mol. The summed E-state index contributed by atoms with van der Waals surface area (Å²) in [6.07, 6.45) is 4.30. The van der Waals surface area contributed by atoms with Crippen LogP contribution in [0.4, 0.5) is 5.69 Å². The fourth-order valence-electron chi connectivity index (χ4n) is 3.41. The van der Waals surface area contributed by atoms with Crippen LogP contribution in [0.2, 0.25) is 0 Å². The molecule has 0 radical (unpaired) electrons. The summed E-state index contributed by atoms with van der Waals surface area (Å²) < 4.78 is 22.4. The predicted octanol–water partition coefficient (Wildman–Crippen LogP) is 3.86. The number of aliphatic hydroxyl groups is 3. The van der Waals surface area contributed by atoms with Crippen molar-refractivity contribution in [3.63, 3.8) is 0 Å². The normalized spacial score (nSPS) is 17.0. The lowest BCUT2D eigenvalue weighted by atomic mass is 10.1. The number of nitrogens with zero attached hydrogens (tertiary/aromatic N) is 1. The van der Waals surface area contributed by atoms with Crippen molar-refractivity contribution in [2.24, 2.45) is 0 Å². The number of aliphatic hydroxyl groups excluding tert-OH is 3. The summed E-state index contributed by atoms with van der Waals surface area (Å²) in [5, 5.41) is 36.5. The third-order valence-corrected chi connectivity index (χ3v) is 8.73. The number of benzene rings is 1. The monoisotopic (exact) mass is 938 g/mol. The van der Waals surface area contributed by atoms with E-state index >= 15 is 0 Å². The summed E-state index contributed by atoms with van der Waals surface area (Å²) in [6, 6.07) is 0. The van der Waals surface area contributed by atoms with Gasteiger partial charge in [-0.15, -0.1) is 0 Å². The fraction of sp³-hybridized carbons (Fsp3) is 0.346. The summed E-state index contributed by atoms with van der Waals surface area (Å²) in [4.78, 5) is 40.3. The van der Waals surface area contributed by atoms with Crippen molar-refractivity contribution in [1.82, 2.24) is 16.1 Å². The van der Waals surface area contributed by atoms with Gasteiger partial charge in [-0.25, -0.2) is 10.4 Å². The minimum absolute atomic E-state index is 0.0157. The zero-order valence-electron chi connectivity index (χ0n) is 23.5. The number of hydrazine groups is 1. The topological polar surface area (TPSA) is 188 Å². The summed E-state index contributed by atoms with van der Waals surface area (Å²) in [7, 11) is 0. The summed E-state index contributed by atoms with van der Waals surface area (Å²) in [5.41, 5.74) is 2.67. The van der Waals surface area contributed by atoms with Crippen LogP contribution in [0.5, 0.6) is 0 Å². The van der Waals surface area contributed by atoms with E-state index in [9.17, 15) is 29.7 Å². The van der Waals surface area contributed by atoms with Gasteiger partial charge in [0.05, 0.1) is 30.6 Å². The number of nitrogens with one attached hydrogen (secondary N) is 3. The molecule has 43 heavy (non-hydrogen) atoms. The number of carbonyl (C=O) groups is 3. The van der Waals surface area contributed by atoms with E-state index in [2.05, 4.69) is 16.1 Å². The summed E-state index contributed by atoms with van der Waals surface area (Å²) in [5.74, 6) is -5.09. The van der Waals surface area contributed by atoms with Gasteiger partial charge in [0.1, 0.15) is 36.4 Å². The highest BCUT2D eigenvalue weighted by atomic mass is 127. The molecule has 2 aliphatic rings. The Kier molecular flexibility index (Phi) is 11.4. The van der Waals surface area contributed by atoms with Gasteiger partial charge in [-0.2, -0.15) is 0 Å². The Labute approximate surface area is 287 Å². The molecule has 0 fully saturated rings. The van der Waals surface area contributed by atoms with Gasteiger partial charge in [0.15, 0.2) is 11.5 Å². The Morgan fingerprint density at radius 1 is 0.767 bits per heavy atom. The van der Waals surface area contributed by atoms with Crippen LogP contribution in [0.15, 0.2) is 48.0 Å². The van der Waals surface area contributed by atoms with Crippen LogP contribution >= 0.6 is 67.8 Å². The molecule has 0 saturated heterocycles. The van der Waals surface area contributed by atoms with Gasteiger partial charge >= 0.3 is 0 Å². The zero-order chi connectivity index (χ0) is 32.3. The van der Waals surface area contributed by atoms with Gasteiger partial charge in [-0.1, -0.05) is 0 Å². The van der Waals surface area contributed by atoms with Crippen LogP contribution in [-0.2, 0) is 23.7 Å². The molecule has 0 aliphatic carbocycles. The van der Waals surface area contributed by atoms with E-state index in [0.717, 1.165) is 30.1 Å². The summed E-state index contributed by atoms with van der Waals surface area (Å²) in [6.45, 7) is 7.35. The molecule has 14 nitrogen and oxygen atoms in total. The Balaban J connectivity index is 2.18. The van der Waals surface area contributed by atoms with Crippen molar-refractivity contribution in [2.45, 2.75) is 46.2 Å². The maximum Gasteiger partial charge on any atom is 0.258 e. The molecular formula is C26H29I3N4O10. The fourth-order valence-corrected chi connectivity index (χ4v) is 8.04. The number of amides is 3. The molecule has 2 aliphatic heterocycles. The first kappa shape index (κ1) is 35.0. The maximum atomic E-state index is 13.8. The lowest BCUT2D eigenvalue weighted by Gasteiger charge is -2.27. The van der Waals surface area contributed by atoms with Gasteiger partial charge in [-0.05, 0) is 67.8 Å². The van der Waals surface area contributed by atoms with Crippen molar-refractivity contribution in [3.05, 3.63) is 69.8 Å². The third-order valence-electron chi connectivity index (χ3n) is 5.55. The first-order valence-electron chi connectivity index (χ1n) is 12.4. The number of carbonyl (C=O) groups excluding carboxylic acids is 3. The molecule has 0 saturated carbocycles. The standard InChI is InChI=1S/C26H29I3N4O10/c1-12(35)33(30-6-7-34)22-20(28)17(23(38)31-13-8-40-25(2,3)42-10-15(13)36)19(27)18(21(22)29)24(39)32-14-9-41-26(4,5)43-11-16(14)37/h8-11,30,34,36-37H,6-7H2,1-5H3,(H,31,38)(H,32,39). The van der Waals surface area contributed by atoms with Crippen molar-refractivity contribution in [2.75, 3.05) is 18.2 Å². The van der Waals surface area contributed by atoms with E-state index in [1.165, 1.54) is 6.92 Å². The van der Waals surface area contributed by atoms with E-state index in [-0.39, 0.29) is 52.1 Å². The molecule has 0 atom stereocenters. The maximum absolute atomic E-state index is 13.8. The minimum Gasteiger partial charge on any atom is -0.503 e. The molecule has 3 rings (SSSR count). The molecule has 6 N–H and O–H groups in total. The van der Waals surface area contributed by atoms with Crippen molar-refractivity contribution in [3.8, 4) is 0 Å². The number of anilines is 1. The van der Waals surface area contributed by atoms with Crippen LogP contribution < -0.4 is 21.1 Å². The van der Waals surface area contributed by atoms with E-state index in [0.29, 0.717) is 0 Å². The Morgan fingerprint density at radius 2 is 1.16 bits per heavy atom. The van der Waals surface area contributed by atoms with E-state index < -0.39 is 40.8 Å². The Bertz CT molecular complexity index is 1360. The van der Waals surface area contributed by atoms with Crippen LogP contribution in [0.25, 0.3) is 0 Å². The smallest absolute Gasteiger partial charge is 0.258 e. The van der Waals surface area contributed by atoms with Crippen molar-refractivity contribution < 1.29 is 48.7 Å². The SMILES string of the molecule is CC(=O)N(NCCO)c1c(I)c(C(=O)NC2=COC(C)(C)OC=C2O)c(I)c(C(=O)NC2=COC(C)(C)OC=C2O)c1I. The highest BCUT2D eigenvalue weighted by Crippen LogP contribution is 2.38. The van der Waals surface area contributed by atoms with E-state index in [1.807, 2.05) is 67.8 Å². The average Bonchev–Trinajstić information content (AvgIpc) is 3.12. The molecule has 0 unspecified atom stereocenters. The Hall–Kier alpha value is -2.50. The van der Waals surface area contributed by atoms with Gasteiger partial charge in [0.25, 0.3) is 11.8 Å². The molecule has 234 valence electrons. The number of hydrogen-bond acceptors (Lipinski definition) is 11. The van der Waals surface area contributed by atoms with Crippen LogP contribution in [0.1, 0.15) is 55.3 Å². The quantitative estimate of drug-likeness (QED) is 0.164. The molecule has 0 bridgehead atoms. The lowest BCUT2D eigenvalue weighted by Crippen LogP contribution is -2.45. The number of ether oxygens (including phenoxy) is 4. The molecule has 0 spiro atoms. The van der Waals surface area contributed by atoms with Gasteiger partial charge in [-0.3, -0.25) is 14.4 Å². The molecule has 17 heteroatoms. The number of rotatable bonds is 8. The highest BCUT2D eigenvalue weighted by molar-refractivity contribution is 14.1. The second-order valence-corrected chi connectivity index (χ2v) is 13.0. The molecule has 1 aromatic rings.